The number of rotatable bonds is 5. The van der Waals surface area contributed by atoms with Gasteiger partial charge in [-0.3, -0.25) is 0 Å². The maximum atomic E-state index is 11.6. The number of isothiocyanates is 1. The van der Waals surface area contributed by atoms with Gasteiger partial charge in [-0.15, -0.1) is 0 Å². The van der Waals surface area contributed by atoms with Crippen LogP contribution in [0.5, 0.6) is 0 Å². The zero-order valence-electron chi connectivity index (χ0n) is 9.88. The summed E-state index contributed by atoms with van der Waals surface area (Å²) in [5.41, 5.74) is -0.671. The summed E-state index contributed by atoms with van der Waals surface area (Å²) in [6, 6.07) is 8.95. The second-order valence-electron chi connectivity index (χ2n) is 4.33. The van der Waals surface area contributed by atoms with Crippen LogP contribution >= 0.6 is 12.2 Å². The lowest BCUT2D eigenvalue weighted by Crippen LogP contribution is -2.35. The molecule has 1 rings (SSSR count). The van der Waals surface area contributed by atoms with Gasteiger partial charge in [0, 0.05) is 0 Å². The summed E-state index contributed by atoms with van der Waals surface area (Å²) >= 11 is 4.59. The first-order chi connectivity index (χ1) is 8.03. The van der Waals surface area contributed by atoms with Crippen molar-refractivity contribution in [1.29, 1.82) is 0 Å². The van der Waals surface area contributed by atoms with Crippen molar-refractivity contribution in [2.45, 2.75) is 25.8 Å². The predicted molar refractivity (Wildman–Crippen MR) is 70.2 cm³/mol. The molecule has 0 aliphatic carbocycles. The Hall–Kier alpha value is -1.51. The number of aliphatic imine (C=N–C) groups is 1. The van der Waals surface area contributed by atoms with Crippen LogP contribution in [0, 0.1) is 5.92 Å². The van der Waals surface area contributed by atoms with Crippen molar-refractivity contribution in [3.63, 3.8) is 0 Å². The minimum Gasteiger partial charge on any atom is -0.479 e. The second kappa shape index (κ2) is 5.71. The van der Waals surface area contributed by atoms with E-state index in [-0.39, 0.29) is 5.92 Å². The molecule has 1 N–H and O–H groups in total. The van der Waals surface area contributed by atoms with E-state index in [1.807, 2.05) is 19.9 Å². The largest absolute Gasteiger partial charge is 0.479 e. The first kappa shape index (κ1) is 13.6. The zero-order valence-corrected chi connectivity index (χ0v) is 10.7. The van der Waals surface area contributed by atoms with Crippen molar-refractivity contribution >= 4 is 23.3 Å². The Morgan fingerprint density at radius 1 is 1.47 bits per heavy atom. The van der Waals surface area contributed by atoms with E-state index in [9.17, 15) is 9.90 Å². The highest BCUT2D eigenvalue weighted by Crippen LogP contribution is 2.33. The van der Waals surface area contributed by atoms with E-state index >= 15 is 0 Å². The monoisotopic (exact) mass is 249 g/mol. The van der Waals surface area contributed by atoms with Gasteiger partial charge in [0.2, 0.25) is 0 Å². The van der Waals surface area contributed by atoms with Gasteiger partial charge in [0.25, 0.3) is 0 Å². The minimum absolute atomic E-state index is 0.193. The molecule has 1 atom stereocenters. The summed E-state index contributed by atoms with van der Waals surface area (Å²) in [5, 5.41) is 11.7. The number of thiocarbonyl (C=S) groups is 1. The van der Waals surface area contributed by atoms with Gasteiger partial charge in [-0.1, -0.05) is 44.2 Å². The number of hydrogen-bond acceptors (Lipinski definition) is 3. The van der Waals surface area contributed by atoms with E-state index in [0.717, 1.165) is 0 Å². The molecule has 0 unspecified atom stereocenters. The van der Waals surface area contributed by atoms with Crippen molar-refractivity contribution < 1.29 is 9.90 Å². The van der Waals surface area contributed by atoms with Crippen LogP contribution in [-0.2, 0) is 10.3 Å². The molecule has 1 aromatic rings. The summed E-state index contributed by atoms with van der Waals surface area (Å²) in [4.78, 5) is 15.5. The average molecular weight is 249 g/mol. The molecule has 90 valence electrons. The molecule has 0 fully saturated rings. The predicted octanol–water partition coefficient (Wildman–Crippen LogP) is 3.12. The van der Waals surface area contributed by atoms with E-state index in [4.69, 9.17) is 0 Å². The van der Waals surface area contributed by atoms with Gasteiger partial charge in [0.05, 0.1) is 5.16 Å². The lowest BCUT2D eigenvalue weighted by molar-refractivity contribution is -0.144. The van der Waals surface area contributed by atoms with Crippen molar-refractivity contribution in [1.82, 2.24) is 0 Å². The maximum Gasteiger partial charge on any atom is 0.337 e. The number of aliphatic carboxylic acids is 1. The van der Waals surface area contributed by atoms with E-state index < -0.39 is 11.5 Å². The highest BCUT2D eigenvalue weighted by Gasteiger charge is 2.40. The van der Waals surface area contributed by atoms with Gasteiger partial charge in [0.15, 0.2) is 5.54 Å². The van der Waals surface area contributed by atoms with Crippen LogP contribution in [0.25, 0.3) is 0 Å². The van der Waals surface area contributed by atoms with Crippen LogP contribution in [0.1, 0.15) is 25.8 Å². The molecule has 0 saturated carbocycles. The number of carboxylic acid groups (broad SMARTS) is 1. The lowest BCUT2D eigenvalue weighted by Gasteiger charge is -2.26. The number of carbonyl (C=O) groups is 1. The third kappa shape index (κ3) is 2.99. The normalized spacial score (nSPS) is 13.8. The molecule has 0 spiro atoms. The van der Waals surface area contributed by atoms with Gasteiger partial charge in [-0.2, -0.15) is 0 Å². The molecule has 3 nitrogen and oxygen atoms in total. The first-order valence-electron chi connectivity index (χ1n) is 5.41. The summed E-state index contributed by atoms with van der Waals surface area (Å²) in [6.07, 6.45) is 0.399. The van der Waals surface area contributed by atoms with Gasteiger partial charge in [0.1, 0.15) is 0 Å². The SMILES string of the molecule is CC(C)C[C@](N=C=S)(C(=O)O)c1ccccc1. The van der Waals surface area contributed by atoms with E-state index in [1.54, 1.807) is 24.3 Å². The van der Waals surface area contributed by atoms with Gasteiger partial charge in [-0.25, -0.2) is 9.79 Å². The Morgan fingerprint density at radius 3 is 2.47 bits per heavy atom. The molecule has 0 aromatic heterocycles. The van der Waals surface area contributed by atoms with Gasteiger partial charge in [-0.05, 0) is 30.1 Å². The Bertz CT molecular complexity index is 434. The van der Waals surface area contributed by atoms with Crippen LogP contribution in [0.15, 0.2) is 35.3 Å². The van der Waals surface area contributed by atoms with Crippen molar-refractivity contribution in [3.05, 3.63) is 35.9 Å². The molecule has 0 radical (unpaired) electrons. The quantitative estimate of drug-likeness (QED) is 0.644. The van der Waals surface area contributed by atoms with Crippen molar-refractivity contribution in [3.8, 4) is 0 Å². The molecule has 0 bridgehead atoms. The molecule has 4 heteroatoms. The van der Waals surface area contributed by atoms with Gasteiger partial charge < -0.3 is 5.11 Å². The van der Waals surface area contributed by atoms with Crippen molar-refractivity contribution in [2.24, 2.45) is 10.9 Å². The Balaban J connectivity index is 3.35. The van der Waals surface area contributed by atoms with E-state index in [0.29, 0.717) is 12.0 Å². The third-order valence-electron chi connectivity index (χ3n) is 2.55. The van der Waals surface area contributed by atoms with Crippen LogP contribution in [0.2, 0.25) is 0 Å². The first-order valence-corrected chi connectivity index (χ1v) is 5.81. The Kier molecular flexibility index (Phi) is 4.55. The highest BCUT2D eigenvalue weighted by molar-refractivity contribution is 7.78. The fourth-order valence-electron chi connectivity index (χ4n) is 1.87. The molecule has 0 aliphatic heterocycles. The molecule has 17 heavy (non-hydrogen) atoms. The number of carboxylic acids is 1. The zero-order chi connectivity index (χ0) is 12.9. The molecule has 0 heterocycles. The number of nitrogens with zero attached hydrogens (tertiary/aromatic N) is 1. The summed E-state index contributed by atoms with van der Waals surface area (Å²) in [5.74, 6) is -0.798. The summed E-state index contributed by atoms with van der Waals surface area (Å²) in [6.45, 7) is 3.92. The minimum atomic E-state index is -1.31. The summed E-state index contributed by atoms with van der Waals surface area (Å²) < 4.78 is 0. The Morgan fingerprint density at radius 2 is 2.06 bits per heavy atom. The highest BCUT2D eigenvalue weighted by atomic mass is 32.1. The molecular formula is C13H15NO2S. The molecule has 0 saturated heterocycles. The van der Waals surface area contributed by atoms with Crippen LogP contribution in [0.3, 0.4) is 0 Å². The third-order valence-corrected chi connectivity index (χ3v) is 2.64. The van der Waals surface area contributed by atoms with Gasteiger partial charge >= 0.3 is 5.97 Å². The lowest BCUT2D eigenvalue weighted by atomic mass is 9.83. The summed E-state index contributed by atoms with van der Waals surface area (Å²) in [7, 11) is 0. The van der Waals surface area contributed by atoms with E-state index in [1.165, 1.54) is 0 Å². The number of benzene rings is 1. The molecule has 1 aromatic carbocycles. The van der Waals surface area contributed by atoms with Crippen LogP contribution < -0.4 is 0 Å². The molecular weight excluding hydrogens is 234 g/mol. The Labute approximate surface area is 106 Å². The standard InChI is InChI=1S/C13H15NO2S/c1-10(2)8-13(12(15)16,14-9-17)11-6-4-3-5-7-11/h3-7,10H,8H2,1-2H3,(H,15,16)/t13-/m1/s1. The second-order valence-corrected chi connectivity index (χ2v) is 4.52. The van der Waals surface area contributed by atoms with E-state index in [2.05, 4.69) is 22.4 Å². The fourth-order valence-corrected chi connectivity index (χ4v) is 2.03. The van der Waals surface area contributed by atoms with Crippen LogP contribution in [-0.4, -0.2) is 16.2 Å². The smallest absolute Gasteiger partial charge is 0.337 e. The molecule has 0 amide bonds. The van der Waals surface area contributed by atoms with Crippen molar-refractivity contribution in [2.75, 3.05) is 0 Å². The average Bonchev–Trinajstić information content (AvgIpc) is 2.28. The topological polar surface area (TPSA) is 49.7 Å². The van der Waals surface area contributed by atoms with Crippen LogP contribution in [0.4, 0.5) is 0 Å². The maximum absolute atomic E-state index is 11.6. The molecule has 0 aliphatic rings. The number of hydrogen-bond donors (Lipinski definition) is 1. The fraction of sp³-hybridized carbons (Fsp3) is 0.385.